The van der Waals surface area contributed by atoms with E-state index in [1.54, 1.807) is 0 Å². The van der Waals surface area contributed by atoms with E-state index in [2.05, 4.69) is 67.2 Å². The van der Waals surface area contributed by atoms with Crippen molar-refractivity contribution in [2.24, 2.45) is 0 Å². The Bertz CT molecular complexity index is 689. The van der Waals surface area contributed by atoms with Crippen LogP contribution in [0.15, 0.2) is 41.9 Å². The average Bonchev–Trinajstić information content (AvgIpc) is 2.68. The zero-order chi connectivity index (χ0) is 12.0. The van der Waals surface area contributed by atoms with Gasteiger partial charge in [0.1, 0.15) is 4.70 Å². The minimum Gasteiger partial charge on any atom is -0.184 e. The van der Waals surface area contributed by atoms with Crippen LogP contribution in [0.25, 0.3) is 21.0 Å². The van der Waals surface area contributed by atoms with Gasteiger partial charge in [-0.1, -0.05) is 35.6 Å². The normalized spacial score (nSPS) is 12.4. The van der Waals surface area contributed by atoms with Crippen molar-refractivity contribution in [2.45, 2.75) is 26.3 Å². The van der Waals surface area contributed by atoms with E-state index in [9.17, 15) is 0 Å². The molecule has 2 heteroatoms. The van der Waals surface area contributed by atoms with Gasteiger partial charge < -0.3 is 0 Å². The lowest BCUT2D eigenvalue weighted by molar-refractivity contribution is -0.726. The highest BCUT2D eigenvalue weighted by molar-refractivity contribution is 7.16. The summed E-state index contributed by atoms with van der Waals surface area (Å²) in [5.74, 6) is 0. The number of fused-ring (bicyclic) bond motifs is 2. The molecular formula is C15H16NS+. The number of aromatic nitrogens is 1. The summed E-state index contributed by atoms with van der Waals surface area (Å²) in [5.41, 5.74) is 3.70. The fourth-order valence-corrected chi connectivity index (χ4v) is 3.30. The van der Waals surface area contributed by atoms with Gasteiger partial charge in [-0.05, 0) is 16.8 Å². The Balaban J connectivity index is 2.39. The molecular weight excluding hydrogens is 226 g/mol. The van der Waals surface area contributed by atoms with Gasteiger partial charge in [0.05, 0.1) is 0 Å². The van der Waals surface area contributed by atoms with Crippen LogP contribution in [0.5, 0.6) is 0 Å². The van der Waals surface area contributed by atoms with E-state index < -0.39 is 0 Å². The summed E-state index contributed by atoms with van der Waals surface area (Å²) in [6.07, 6.45) is 0. The van der Waals surface area contributed by atoms with Crippen LogP contribution in [0.4, 0.5) is 0 Å². The van der Waals surface area contributed by atoms with Crippen LogP contribution in [-0.4, -0.2) is 0 Å². The summed E-state index contributed by atoms with van der Waals surface area (Å²) < 4.78 is 3.72. The summed E-state index contributed by atoms with van der Waals surface area (Å²) in [7, 11) is 0. The second-order valence-electron chi connectivity index (χ2n) is 5.43. The quantitative estimate of drug-likeness (QED) is 0.523. The van der Waals surface area contributed by atoms with E-state index >= 15 is 0 Å². The zero-order valence-electron chi connectivity index (χ0n) is 10.4. The van der Waals surface area contributed by atoms with Crippen LogP contribution >= 0.6 is 11.3 Å². The second-order valence-corrected chi connectivity index (χ2v) is 6.32. The minimum absolute atomic E-state index is 0.140. The van der Waals surface area contributed by atoms with E-state index in [1.165, 1.54) is 21.0 Å². The van der Waals surface area contributed by atoms with Crippen molar-refractivity contribution in [1.82, 2.24) is 0 Å². The Hall–Kier alpha value is -1.41. The predicted molar refractivity (Wildman–Crippen MR) is 74.5 cm³/mol. The highest BCUT2D eigenvalue weighted by Gasteiger charge is 2.26. The van der Waals surface area contributed by atoms with Crippen LogP contribution in [0, 0.1) is 0 Å². The lowest BCUT2D eigenvalue weighted by Gasteiger charge is -2.11. The fraction of sp³-hybridized carbons (Fsp3) is 0.267. The summed E-state index contributed by atoms with van der Waals surface area (Å²) >= 11 is 1.82. The number of nitrogens with zero attached hydrogens (tertiary/aromatic N) is 1. The highest BCUT2D eigenvalue weighted by Crippen LogP contribution is 2.25. The third-order valence-electron chi connectivity index (χ3n) is 3.09. The van der Waals surface area contributed by atoms with Gasteiger partial charge in [0.15, 0.2) is 5.54 Å². The first-order valence-corrected chi connectivity index (χ1v) is 6.76. The lowest BCUT2D eigenvalue weighted by atomic mass is 10.1. The summed E-state index contributed by atoms with van der Waals surface area (Å²) in [6, 6.07) is 13.1. The molecule has 1 nitrogen and oxygen atoms in total. The van der Waals surface area contributed by atoms with Crippen molar-refractivity contribution in [3.8, 4) is 0 Å². The molecule has 0 unspecified atom stereocenters. The first kappa shape index (κ1) is 10.7. The van der Waals surface area contributed by atoms with Crippen LogP contribution < -0.4 is 4.57 Å². The molecule has 0 aliphatic carbocycles. The van der Waals surface area contributed by atoms with Crippen molar-refractivity contribution in [3.63, 3.8) is 0 Å². The van der Waals surface area contributed by atoms with Crippen molar-refractivity contribution in [3.05, 3.63) is 41.9 Å². The SMILES string of the molecule is CC(C)(C)[n+]1csc2cc3ccccc3cc21. The van der Waals surface area contributed by atoms with E-state index in [1.807, 2.05) is 11.3 Å². The molecule has 86 valence electrons. The van der Waals surface area contributed by atoms with Gasteiger partial charge >= 0.3 is 0 Å². The number of benzene rings is 2. The molecule has 3 rings (SSSR count). The molecule has 0 bridgehead atoms. The van der Waals surface area contributed by atoms with Crippen LogP contribution in [-0.2, 0) is 5.54 Å². The maximum Gasteiger partial charge on any atom is 0.226 e. The summed E-state index contributed by atoms with van der Waals surface area (Å²) in [5, 5.41) is 2.64. The van der Waals surface area contributed by atoms with E-state index in [0.29, 0.717) is 0 Å². The van der Waals surface area contributed by atoms with Crippen LogP contribution in [0.3, 0.4) is 0 Å². The monoisotopic (exact) mass is 242 g/mol. The molecule has 0 aliphatic rings. The molecule has 1 aromatic heterocycles. The summed E-state index contributed by atoms with van der Waals surface area (Å²) in [6.45, 7) is 6.73. The molecule has 3 aromatic rings. The van der Waals surface area contributed by atoms with E-state index in [4.69, 9.17) is 0 Å². The predicted octanol–water partition coefficient (Wildman–Crippen LogP) is 4.10. The molecule has 0 saturated heterocycles. The van der Waals surface area contributed by atoms with E-state index in [-0.39, 0.29) is 5.54 Å². The molecule has 2 aromatic carbocycles. The van der Waals surface area contributed by atoms with Crippen molar-refractivity contribution < 1.29 is 4.57 Å². The standard InChI is InChI=1S/C15H16NS/c1-15(2,3)16-10-17-14-9-12-7-5-4-6-11(12)8-13(14)16/h4-10H,1-3H3/q+1. The molecule has 0 fully saturated rings. The molecule has 0 radical (unpaired) electrons. The molecule has 0 spiro atoms. The molecule has 0 atom stereocenters. The Kier molecular flexibility index (Phi) is 2.23. The number of thiazole rings is 1. The Morgan fingerprint density at radius 2 is 1.65 bits per heavy atom. The van der Waals surface area contributed by atoms with Crippen LogP contribution in [0.1, 0.15) is 20.8 Å². The van der Waals surface area contributed by atoms with Gasteiger partial charge in [-0.2, -0.15) is 4.57 Å². The maximum atomic E-state index is 2.36. The number of hydrogen-bond acceptors (Lipinski definition) is 1. The van der Waals surface area contributed by atoms with Gasteiger partial charge in [0.25, 0.3) is 0 Å². The van der Waals surface area contributed by atoms with Crippen molar-refractivity contribution in [1.29, 1.82) is 0 Å². The first-order valence-electron chi connectivity index (χ1n) is 5.88. The van der Waals surface area contributed by atoms with Gasteiger partial charge in [-0.25, -0.2) is 0 Å². The first-order chi connectivity index (χ1) is 8.05. The molecule has 0 saturated carbocycles. The third-order valence-corrected chi connectivity index (χ3v) is 3.99. The molecule has 0 amide bonds. The van der Waals surface area contributed by atoms with Gasteiger partial charge in [-0.15, -0.1) is 0 Å². The van der Waals surface area contributed by atoms with Gasteiger partial charge in [-0.3, -0.25) is 0 Å². The number of hydrogen-bond donors (Lipinski definition) is 0. The molecule has 0 aliphatic heterocycles. The Labute approximate surface area is 105 Å². The third kappa shape index (κ3) is 1.73. The smallest absolute Gasteiger partial charge is 0.184 e. The fourth-order valence-electron chi connectivity index (χ4n) is 2.18. The average molecular weight is 242 g/mol. The van der Waals surface area contributed by atoms with Crippen molar-refractivity contribution >= 4 is 32.3 Å². The molecule has 17 heavy (non-hydrogen) atoms. The minimum atomic E-state index is 0.140. The zero-order valence-corrected chi connectivity index (χ0v) is 11.2. The Morgan fingerprint density at radius 1 is 1.00 bits per heavy atom. The van der Waals surface area contributed by atoms with Crippen LogP contribution in [0.2, 0.25) is 0 Å². The largest absolute Gasteiger partial charge is 0.226 e. The molecule has 0 N–H and O–H groups in total. The molecule has 1 heterocycles. The summed E-state index contributed by atoms with van der Waals surface area (Å²) in [4.78, 5) is 0. The highest BCUT2D eigenvalue weighted by atomic mass is 32.1. The lowest BCUT2D eigenvalue weighted by Crippen LogP contribution is -2.48. The van der Waals surface area contributed by atoms with Crippen molar-refractivity contribution in [2.75, 3.05) is 0 Å². The number of rotatable bonds is 0. The Morgan fingerprint density at radius 3 is 2.29 bits per heavy atom. The second kappa shape index (κ2) is 3.54. The maximum absolute atomic E-state index is 2.36. The van der Waals surface area contributed by atoms with E-state index in [0.717, 1.165) is 0 Å². The van der Waals surface area contributed by atoms with Gasteiger partial charge in [0.2, 0.25) is 11.0 Å². The topological polar surface area (TPSA) is 3.88 Å². The van der Waals surface area contributed by atoms with Gasteiger partial charge in [0, 0.05) is 26.8 Å².